The molecule has 18 heavy (non-hydrogen) atoms. The van der Waals surface area contributed by atoms with Crippen molar-refractivity contribution in [2.24, 2.45) is 0 Å². The van der Waals surface area contributed by atoms with Gasteiger partial charge >= 0.3 is 0 Å². The minimum Gasteiger partial charge on any atom is -0.325 e. The summed E-state index contributed by atoms with van der Waals surface area (Å²) < 4.78 is 1.10. The van der Waals surface area contributed by atoms with Gasteiger partial charge in [-0.25, -0.2) is 4.98 Å². The third-order valence-corrected chi connectivity index (χ3v) is 4.02. The Hall–Kier alpha value is -1.46. The quantitative estimate of drug-likeness (QED) is 0.872. The van der Waals surface area contributed by atoms with Crippen LogP contribution in [-0.2, 0) is 4.79 Å². The molecule has 1 fully saturated rings. The van der Waals surface area contributed by atoms with Crippen LogP contribution in [0.1, 0.15) is 19.3 Å². The number of amides is 1. The first-order chi connectivity index (χ1) is 8.83. The number of piperidine rings is 1. The normalized spacial score (nSPS) is 19.9. The second-order valence-corrected chi connectivity index (χ2v) is 5.41. The lowest BCUT2D eigenvalue weighted by atomic mass is 10.0. The zero-order valence-corrected chi connectivity index (χ0v) is 10.8. The van der Waals surface area contributed by atoms with Gasteiger partial charge in [0.25, 0.3) is 0 Å². The van der Waals surface area contributed by atoms with E-state index < -0.39 is 0 Å². The number of aromatic nitrogens is 1. The van der Waals surface area contributed by atoms with Gasteiger partial charge in [-0.2, -0.15) is 0 Å². The van der Waals surface area contributed by atoms with Gasteiger partial charge in [-0.05, 0) is 37.6 Å². The van der Waals surface area contributed by atoms with E-state index in [0.717, 1.165) is 41.7 Å². The fourth-order valence-corrected chi connectivity index (χ4v) is 2.95. The number of carbonyl (C=O) groups is 1. The molecule has 0 bridgehead atoms. The summed E-state index contributed by atoms with van der Waals surface area (Å²) in [5.74, 6) is 0.0681. The number of carbonyl (C=O) groups excluding carboxylic acids is 1. The summed E-state index contributed by atoms with van der Waals surface area (Å²) in [5, 5.41) is 6.22. The SMILES string of the molecule is O=C(Nc1ccc2ncsc2c1)[C@@H]1CCCCN1. The van der Waals surface area contributed by atoms with Crippen LogP contribution in [0.3, 0.4) is 0 Å². The first-order valence-electron chi connectivity index (χ1n) is 6.20. The number of anilines is 1. The maximum absolute atomic E-state index is 12.1. The highest BCUT2D eigenvalue weighted by Crippen LogP contribution is 2.22. The van der Waals surface area contributed by atoms with Crippen molar-refractivity contribution in [3.63, 3.8) is 0 Å². The monoisotopic (exact) mass is 261 g/mol. The summed E-state index contributed by atoms with van der Waals surface area (Å²) in [4.78, 5) is 16.3. The standard InChI is InChI=1S/C13H15N3OS/c17-13(11-3-1-2-6-14-11)16-9-4-5-10-12(7-9)18-8-15-10/h4-5,7-8,11,14H,1-3,6H2,(H,16,17)/t11-/m0/s1. The van der Waals surface area contributed by atoms with E-state index in [0.29, 0.717) is 0 Å². The summed E-state index contributed by atoms with van der Waals surface area (Å²) in [6.07, 6.45) is 3.21. The van der Waals surface area contributed by atoms with E-state index in [2.05, 4.69) is 15.6 Å². The van der Waals surface area contributed by atoms with Crippen molar-refractivity contribution in [3.05, 3.63) is 23.7 Å². The maximum atomic E-state index is 12.1. The zero-order chi connectivity index (χ0) is 12.4. The highest BCUT2D eigenvalue weighted by molar-refractivity contribution is 7.16. The van der Waals surface area contributed by atoms with Gasteiger partial charge in [0.15, 0.2) is 0 Å². The Morgan fingerprint density at radius 3 is 3.22 bits per heavy atom. The first-order valence-corrected chi connectivity index (χ1v) is 7.08. The highest BCUT2D eigenvalue weighted by atomic mass is 32.1. The van der Waals surface area contributed by atoms with Gasteiger partial charge in [0.05, 0.1) is 21.8 Å². The lowest BCUT2D eigenvalue weighted by Crippen LogP contribution is -2.43. The van der Waals surface area contributed by atoms with E-state index in [1.165, 1.54) is 0 Å². The Balaban J connectivity index is 1.72. The molecule has 0 saturated carbocycles. The van der Waals surface area contributed by atoms with Crippen LogP contribution in [0.25, 0.3) is 10.2 Å². The second kappa shape index (κ2) is 5.04. The topological polar surface area (TPSA) is 54.0 Å². The van der Waals surface area contributed by atoms with E-state index in [9.17, 15) is 4.79 Å². The Morgan fingerprint density at radius 2 is 2.39 bits per heavy atom. The molecule has 0 spiro atoms. The fraction of sp³-hybridized carbons (Fsp3) is 0.385. The molecule has 1 amide bonds. The molecular weight excluding hydrogens is 246 g/mol. The maximum Gasteiger partial charge on any atom is 0.241 e. The van der Waals surface area contributed by atoms with Crippen LogP contribution in [0.15, 0.2) is 23.7 Å². The number of nitrogens with one attached hydrogen (secondary N) is 2. The lowest BCUT2D eigenvalue weighted by molar-refractivity contribution is -0.118. The Bertz CT molecular complexity index is 560. The minimum absolute atomic E-state index is 0.0455. The fourth-order valence-electron chi connectivity index (χ4n) is 2.24. The number of nitrogens with zero attached hydrogens (tertiary/aromatic N) is 1. The van der Waals surface area contributed by atoms with E-state index in [1.54, 1.807) is 11.3 Å². The average molecular weight is 261 g/mol. The van der Waals surface area contributed by atoms with Crippen molar-refractivity contribution < 1.29 is 4.79 Å². The predicted octanol–water partition coefficient (Wildman–Crippen LogP) is 2.38. The Morgan fingerprint density at radius 1 is 1.44 bits per heavy atom. The van der Waals surface area contributed by atoms with Gasteiger partial charge in [-0.3, -0.25) is 4.79 Å². The summed E-state index contributed by atoms with van der Waals surface area (Å²) in [7, 11) is 0. The van der Waals surface area contributed by atoms with Crippen LogP contribution in [0.2, 0.25) is 0 Å². The van der Waals surface area contributed by atoms with Gasteiger partial charge < -0.3 is 10.6 Å². The van der Waals surface area contributed by atoms with E-state index in [-0.39, 0.29) is 11.9 Å². The minimum atomic E-state index is -0.0455. The average Bonchev–Trinajstić information content (AvgIpc) is 2.87. The van der Waals surface area contributed by atoms with Gasteiger partial charge in [0.1, 0.15) is 0 Å². The molecule has 1 aromatic carbocycles. The van der Waals surface area contributed by atoms with Gasteiger partial charge in [0.2, 0.25) is 5.91 Å². The number of benzene rings is 1. The van der Waals surface area contributed by atoms with E-state index in [4.69, 9.17) is 0 Å². The molecule has 4 nitrogen and oxygen atoms in total. The summed E-state index contributed by atoms with van der Waals surface area (Å²) in [6.45, 7) is 0.936. The molecule has 2 aromatic rings. The lowest BCUT2D eigenvalue weighted by Gasteiger charge is -2.22. The molecule has 1 aliphatic rings. The van der Waals surface area contributed by atoms with Gasteiger partial charge in [-0.15, -0.1) is 11.3 Å². The number of thiazole rings is 1. The number of rotatable bonds is 2. The molecule has 94 valence electrons. The van der Waals surface area contributed by atoms with Crippen molar-refractivity contribution in [1.82, 2.24) is 10.3 Å². The molecule has 0 unspecified atom stereocenters. The first kappa shape index (κ1) is 11.6. The molecule has 0 radical (unpaired) electrons. The van der Waals surface area contributed by atoms with E-state index >= 15 is 0 Å². The third-order valence-electron chi connectivity index (χ3n) is 3.23. The molecule has 5 heteroatoms. The molecule has 1 saturated heterocycles. The van der Waals surface area contributed by atoms with Crippen molar-refractivity contribution in [2.45, 2.75) is 25.3 Å². The van der Waals surface area contributed by atoms with Crippen LogP contribution < -0.4 is 10.6 Å². The van der Waals surface area contributed by atoms with Crippen molar-refractivity contribution >= 4 is 33.1 Å². The zero-order valence-electron chi connectivity index (χ0n) is 9.98. The van der Waals surface area contributed by atoms with Gasteiger partial charge in [0, 0.05) is 5.69 Å². The van der Waals surface area contributed by atoms with Gasteiger partial charge in [-0.1, -0.05) is 6.42 Å². The van der Waals surface area contributed by atoms with Crippen LogP contribution in [-0.4, -0.2) is 23.5 Å². The Labute approximate surface area is 109 Å². The third kappa shape index (κ3) is 2.37. The molecule has 1 aromatic heterocycles. The second-order valence-electron chi connectivity index (χ2n) is 4.53. The molecular formula is C13H15N3OS. The Kier molecular flexibility index (Phi) is 3.25. The highest BCUT2D eigenvalue weighted by Gasteiger charge is 2.20. The number of hydrogen-bond acceptors (Lipinski definition) is 4. The van der Waals surface area contributed by atoms with Crippen molar-refractivity contribution in [2.75, 3.05) is 11.9 Å². The number of fused-ring (bicyclic) bond motifs is 1. The van der Waals surface area contributed by atoms with Crippen LogP contribution in [0.4, 0.5) is 5.69 Å². The molecule has 1 atom stereocenters. The summed E-state index contributed by atoms with van der Waals surface area (Å²) >= 11 is 1.59. The number of hydrogen-bond donors (Lipinski definition) is 2. The molecule has 2 N–H and O–H groups in total. The van der Waals surface area contributed by atoms with Crippen molar-refractivity contribution in [1.29, 1.82) is 0 Å². The molecule has 1 aliphatic heterocycles. The predicted molar refractivity (Wildman–Crippen MR) is 73.9 cm³/mol. The smallest absolute Gasteiger partial charge is 0.241 e. The van der Waals surface area contributed by atoms with Crippen LogP contribution >= 0.6 is 11.3 Å². The summed E-state index contributed by atoms with van der Waals surface area (Å²) in [6, 6.07) is 5.78. The largest absolute Gasteiger partial charge is 0.325 e. The van der Waals surface area contributed by atoms with Crippen LogP contribution in [0.5, 0.6) is 0 Å². The van der Waals surface area contributed by atoms with Crippen molar-refractivity contribution in [3.8, 4) is 0 Å². The molecule has 2 heterocycles. The van der Waals surface area contributed by atoms with Crippen LogP contribution in [0, 0.1) is 0 Å². The van der Waals surface area contributed by atoms with E-state index in [1.807, 2.05) is 23.7 Å². The molecule has 0 aliphatic carbocycles. The summed E-state index contributed by atoms with van der Waals surface area (Å²) in [5.41, 5.74) is 3.65. The molecule has 3 rings (SSSR count).